The normalized spacial score (nSPS) is 10.0. The smallest absolute Gasteiger partial charge is 0.205 e. The van der Waals surface area contributed by atoms with E-state index < -0.39 is 0 Å². The first-order valence-corrected chi connectivity index (χ1v) is 4.44. The summed E-state index contributed by atoms with van der Waals surface area (Å²) in [5.74, 6) is 0. The minimum atomic E-state index is 0.640. The van der Waals surface area contributed by atoms with Gasteiger partial charge in [-0.1, -0.05) is 11.3 Å². The highest BCUT2D eigenvalue weighted by atomic mass is 32.1. The summed E-state index contributed by atoms with van der Waals surface area (Å²) in [4.78, 5) is 0. The zero-order chi connectivity index (χ0) is 8.10. The highest BCUT2D eigenvalue weighted by Gasteiger charge is 2.00. The van der Waals surface area contributed by atoms with E-state index in [1.54, 1.807) is 11.3 Å². The van der Waals surface area contributed by atoms with Gasteiger partial charge in [0.2, 0.25) is 5.13 Å². The summed E-state index contributed by atoms with van der Waals surface area (Å²) in [7, 11) is 0. The number of nitrogens with two attached hydrogens (primary N) is 1. The minimum Gasteiger partial charge on any atom is -0.360 e. The summed E-state index contributed by atoms with van der Waals surface area (Å²) >= 11 is 1.57. The van der Waals surface area contributed by atoms with Crippen molar-refractivity contribution >= 4 is 16.5 Å². The Kier molecular flexibility index (Phi) is 3.25. The van der Waals surface area contributed by atoms with Crippen molar-refractivity contribution in [2.75, 3.05) is 18.4 Å². The Bertz CT molecular complexity index is 190. The summed E-state index contributed by atoms with van der Waals surface area (Å²) < 4.78 is 0. The number of hydrogen-bond donors (Lipinski definition) is 2. The second-order valence-electron chi connectivity index (χ2n) is 2.07. The van der Waals surface area contributed by atoms with Crippen LogP contribution < -0.4 is 11.1 Å². The Hall–Kier alpha value is -0.680. The van der Waals surface area contributed by atoms with Gasteiger partial charge in [-0.05, 0) is 13.5 Å². The highest BCUT2D eigenvalue weighted by Crippen LogP contribution is 2.14. The largest absolute Gasteiger partial charge is 0.360 e. The van der Waals surface area contributed by atoms with Crippen LogP contribution in [0.15, 0.2) is 0 Å². The van der Waals surface area contributed by atoms with Crippen molar-refractivity contribution in [1.29, 1.82) is 0 Å². The number of rotatable bonds is 4. The monoisotopic (exact) mass is 172 g/mol. The van der Waals surface area contributed by atoms with Gasteiger partial charge in [-0.2, -0.15) is 0 Å². The lowest BCUT2D eigenvalue weighted by Crippen LogP contribution is -2.01. The van der Waals surface area contributed by atoms with E-state index in [4.69, 9.17) is 5.73 Å². The van der Waals surface area contributed by atoms with Gasteiger partial charge in [-0.3, -0.25) is 0 Å². The van der Waals surface area contributed by atoms with Crippen LogP contribution in [-0.4, -0.2) is 23.3 Å². The quantitative estimate of drug-likeness (QED) is 0.693. The standard InChI is InChI=1S/C6H12N4S/c1-2-8-6-10-9-5(11-6)3-4-7/h2-4,7H2,1H3,(H,8,10). The minimum absolute atomic E-state index is 0.640. The lowest BCUT2D eigenvalue weighted by atomic mass is 10.5. The Labute approximate surface area is 69.8 Å². The molecule has 0 fully saturated rings. The van der Waals surface area contributed by atoms with Crippen molar-refractivity contribution in [1.82, 2.24) is 10.2 Å². The second-order valence-corrected chi connectivity index (χ2v) is 3.13. The summed E-state index contributed by atoms with van der Waals surface area (Å²) in [5, 5.41) is 12.9. The van der Waals surface area contributed by atoms with E-state index in [9.17, 15) is 0 Å². The average molecular weight is 172 g/mol. The molecule has 0 aromatic carbocycles. The average Bonchev–Trinajstić information content (AvgIpc) is 2.38. The van der Waals surface area contributed by atoms with E-state index in [-0.39, 0.29) is 0 Å². The van der Waals surface area contributed by atoms with Crippen LogP contribution in [0.5, 0.6) is 0 Å². The zero-order valence-corrected chi connectivity index (χ0v) is 7.32. The van der Waals surface area contributed by atoms with E-state index >= 15 is 0 Å². The lowest BCUT2D eigenvalue weighted by molar-refractivity contribution is 0.911. The van der Waals surface area contributed by atoms with Gasteiger partial charge in [0.1, 0.15) is 5.01 Å². The summed E-state index contributed by atoms with van der Waals surface area (Å²) in [6.07, 6.45) is 0.822. The summed E-state index contributed by atoms with van der Waals surface area (Å²) in [6, 6.07) is 0. The molecule has 1 heterocycles. The third kappa shape index (κ3) is 2.44. The Balaban J connectivity index is 2.51. The van der Waals surface area contributed by atoms with E-state index in [2.05, 4.69) is 15.5 Å². The first-order valence-electron chi connectivity index (χ1n) is 3.63. The van der Waals surface area contributed by atoms with Crippen LogP contribution in [0.4, 0.5) is 5.13 Å². The van der Waals surface area contributed by atoms with E-state index in [1.807, 2.05) is 6.92 Å². The molecule has 0 saturated carbocycles. The number of nitrogens with zero attached hydrogens (tertiary/aromatic N) is 2. The van der Waals surface area contributed by atoms with Gasteiger partial charge in [0.05, 0.1) is 0 Å². The molecule has 0 saturated heterocycles. The molecule has 0 spiro atoms. The van der Waals surface area contributed by atoms with Gasteiger partial charge in [-0.25, -0.2) is 0 Å². The third-order valence-corrected chi connectivity index (χ3v) is 2.09. The fraction of sp³-hybridized carbons (Fsp3) is 0.667. The maximum atomic E-state index is 5.36. The van der Waals surface area contributed by atoms with Crippen LogP contribution in [0.25, 0.3) is 0 Å². The summed E-state index contributed by atoms with van der Waals surface area (Å²) in [6.45, 7) is 3.56. The molecule has 1 aromatic heterocycles. The second kappa shape index (κ2) is 4.25. The van der Waals surface area contributed by atoms with Crippen molar-refractivity contribution in [2.45, 2.75) is 13.3 Å². The maximum Gasteiger partial charge on any atom is 0.205 e. The number of nitrogens with one attached hydrogen (secondary N) is 1. The third-order valence-electron chi connectivity index (χ3n) is 1.15. The zero-order valence-electron chi connectivity index (χ0n) is 6.50. The fourth-order valence-electron chi connectivity index (χ4n) is 0.701. The van der Waals surface area contributed by atoms with Crippen LogP contribution in [0, 0.1) is 0 Å². The Morgan fingerprint density at radius 2 is 2.36 bits per heavy atom. The van der Waals surface area contributed by atoms with Gasteiger partial charge >= 0.3 is 0 Å². The molecule has 0 radical (unpaired) electrons. The molecule has 5 heteroatoms. The molecule has 0 atom stereocenters. The SMILES string of the molecule is CCNc1nnc(CCN)s1. The van der Waals surface area contributed by atoms with Crippen LogP contribution in [0.3, 0.4) is 0 Å². The predicted octanol–water partition coefficient (Wildman–Crippen LogP) is 0.471. The molecular formula is C6H12N4S. The molecule has 62 valence electrons. The van der Waals surface area contributed by atoms with Crippen LogP contribution >= 0.6 is 11.3 Å². The molecule has 0 unspecified atom stereocenters. The van der Waals surface area contributed by atoms with Crippen LogP contribution in [0.1, 0.15) is 11.9 Å². The maximum absolute atomic E-state index is 5.36. The molecule has 0 aliphatic rings. The molecule has 0 amide bonds. The first kappa shape index (κ1) is 8.42. The van der Waals surface area contributed by atoms with Gasteiger partial charge < -0.3 is 11.1 Å². The molecule has 11 heavy (non-hydrogen) atoms. The lowest BCUT2D eigenvalue weighted by Gasteiger charge is -1.91. The van der Waals surface area contributed by atoms with Crippen LogP contribution in [-0.2, 0) is 6.42 Å². The molecule has 0 bridgehead atoms. The highest BCUT2D eigenvalue weighted by molar-refractivity contribution is 7.15. The fourth-order valence-corrected chi connectivity index (χ4v) is 1.52. The van der Waals surface area contributed by atoms with Crippen molar-refractivity contribution in [3.8, 4) is 0 Å². The van der Waals surface area contributed by atoms with Gasteiger partial charge in [0.15, 0.2) is 0 Å². The topological polar surface area (TPSA) is 63.8 Å². The van der Waals surface area contributed by atoms with Gasteiger partial charge in [0, 0.05) is 13.0 Å². The van der Waals surface area contributed by atoms with Crippen molar-refractivity contribution in [2.24, 2.45) is 5.73 Å². The van der Waals surface area contributed by atoms with E-state index in [0.29, 0.717) is 6.54 Å². The first-order chi connectivity index (χ1) is 5.36. The van der Waals surface area contributed by atoms with Gasteiger partial charge in [0.25, 0.3) is 0 Å². The molecule has 1 aromatic rings. The van der Waals surface area contributed by atoms with Crippen LogP contribution in [0.2, 0.25) is 0 Å². The predicted molar refractivity (Wildman–Crippen MR) is 46.8 cm³/mol. The van der Waals surface area contributed by atoms with Crippen molar-refractivity contribution in [3.63, 3.8) is 0 Å². The molecule has 3 N–H and O–H groups in total. The van der Waals surface area contributed by atoms with E-state index in [0.717, 1.165) is 23.1 Å². The number of aromatic nitrogens is 2. The molecule has 0 aliphatic heterocycles. The Morgan fingerprint density at radius 3 is 3.00 bits per heavy atom. The Morgan fingerprint density at radius 1 is 1.55 bits per heavy atom. The van der Waals surface area contributed by atoms with Crippen molar-refractivity contribution < 1.29 is 0 Å². The molecule has 1 rings (SSSR count). The van der Waals surface area contributed by atoms with E-state index in [1.165, 1.54) is 0 Å². The molecule has 4 nitrogen and oxygen atoms in total. The van der Waals surface area contributed by atoms with Crippen molar-refractivity contribution in [3.05, 3.63) is 5.01 Å². The molecule has 0 aliphatic carbocycles. The molecular weight excluding hydrogens is 160 g/mol. The van der Waals surface area contributed by atoms with Gasteiger partial charge in [-0.15, -0.1) is 10.2 Å². The summed E-state index contributed by atoms with van der Waals surface area (Å²) in [5.41, 5.74) is 5.36. The number of hydrogen-bond acceptors (Lipinski definition) is 5. The number of anilines is 1.